The first kappa shape index (κ1) is 12.6. The quantitative estimate of drug-likeness (QED) is 0.747. The standard InChI is InChI=1S/C11H12BrNO3S/c1-7-8(12)3-4-10-11(7)9(13-16-2)5-6-17(10,14)15/h3-4H,5-6H2,1-2H3. The van der Waals surface area contributed by atoms with Gasteiger partial charge in [-0.3, -0.25) is 0 Å². The van der Waals surface area contributed by atoms with Crippen LogP contribution in [0.5, 0.6) is 0 Å². The van der Waals surface area contributed by atoms with Crippen LogP contribution < -0.4 is 0 Å². The van der Waals surface area contributed by atoms with Crippen LogP contribution >= 0.6 is 15.9 Å². The fraction of sp³-hybridized carbons (Fsp3) is 0.364. The summed E-state index contributed by atoms with van der Waals surface area (Å²) >= 11 is 3.40. The zero-order valence-corrected chi connectivity index (χ0v) is 11.9. The summed E-state index contributed by atoms with van der Waals surface area (Å²) in [5.74, 6) is 0.0866. The third-order valence-electron chi connectivity index (χ3n) is 2.79. The van der Waals surface area contributed by atoms with Crippen molar-refractivity contribution in [2.24, 2.45) is 5.16 Å². The maximum atomic E-state index is 12.0. The molecule has 0 aromatic heterocycles. The Morgan fingerprint density at radius 1 is 1.41 bits per heavy atom. The minimum atomic E-state index is -3.19. The molecule has 0 amide bonds. The average molecular weight is 318 g/mol. The second kappa shape index (κ2) is 4.42. The Morgan fingerprint density at radius 2 is 2.12 bits per heavy atom. The van der Waals surface area contributed by atoms with Gasteiger partial charge in [0, 0.05) is 16.5 Å². The molecule has 0 N–H and O–H groups in total. The molecule has 17 heavy (non-hydrogen) atoms. The number of fused-ring (bicyclic) bond motifs is 1. The molecule has 1 aromatic rings. The van der Waals surface area contributed by atoms with E-state index in [1.165, 1.54) is 7.11 Å². The van der Waals surface area contributed by atoms with E-state index < -0.39 is 9.84 Å². The van der Waals surface area contributed by atoms with E-state index in [0.717, 1.165) is 10.0 Å². The van der Waals surface area contributed by atoms with Crippen molar-refractivity contribution in [3.05, 3.63) is 27.7 Å². The fourth-order valence-electron chi connectivity index (χ4n) is 1.95. The highest BCUT2D eigenvalue weighted by Crippen LogP contribution is 2.32. The minimum Gasteiger partial charge on any atom is -0.399 e. The third-order valence-corrected chi connectivity index (χ3v) is 5.40. The summed E-state index contributed by atoms with van der Waals surface area (Å²) in [5.41, 5.74) is 2.24. The topological polar surface area (TPSA) is 55.7 Å². The summed E-state index contributed by atoms with van der Waals surface area (Å²) in [4.78, 5) is 5.13. The fourth-order valence-corrected chi connectivity index (χ4v) is 3.82. The van der Waals surface area contributed by atoms with Crippen LogP contribution in [0.3, 0.4) is 0 Å². The predicted octanol–water partition coefficient (Wildman–Crippen LogP) is 2.29. The van der Waals surface area contributed by atoms with Crippen LogP contribution in [0, 0.1) is 6.92 Å². The lowest BCUT2D eigenvalue weighted by atomic mass is 10.0. The van der Waals surface area contributed by atoms with Crippen LogP contribution in [-0.4, -0.2) is 27.0 Å². The summed E-state index contributed by atoms with van der Waals surface area (Å²) < 4.78 is 24.8. The number of halogens is 1. The molecule has 0 unspecified atom stereocenters. The second-order valence-corrected chi connectivity index (χ2v) is 6.77. The Kier molecular flexibility index (Phi) is 3.27. The van der Waals surface area contributed by atoms with Crippen molar-refractivity contribution in [1.82, 2.24) is 0 Å². The van der Waals surface area contributed by atoms with Crippen LogP contribution in [0.15, 0.2) is 26.7 Å². The summed E-state index contributed by atoms with van der Waals surface area (Å²) in [7, 11) is -1.73. The molecule has 1 aliphatic rings. The number of sulfone groups is 1. The molecule has 0 bridgehead atoms. The predicted molar refractivity (Wildman–Crippen MR) is 69.1 cm³/mol. The molecule has 0 fully saturated rings. The van der Waals surface area contributed by atoms with Crippen molar-refractivity contribution in [3.8, 4) is 0 Å². The Labute approximate surface area is 109 Å². The van der Waals surface area contributed by atoms with E-state index in [4.69, 9.17) is 4.84 Å². The van der Waals surface area contributed by atoms with Gasteiger partial charge in [-0.1, -0.05) is 21.1 Å². The van der Waals surface area contributed by atoms with Crippen molar-refractivity contribution in [1.29, 1.82) is 0 Å². The van der Waals surface area contributed by atoms with Gasteiger partial charge in [0.05, 0.1) is 16.4 Å². The van der Waals surface area contributed by atoms with E-state index in [-0.39, 0.29) is 5.75 Å². The van der Waals surface area contributed by atoms with Gasteiger partial charge in [-0.2, -0.15) is 0 Å². The summed E-state index contributed by atoms with van der Waals surface area (Å²) in [5, 5.41) is 3.92. The monoisotopic (exact) mass is 317 g/mol. The highest BCUT2D eigenvalue weighted by molar-refractivity contribution is 9.10. The molecule has 92 valence electrons. The second-order valence-electron chi connectivity index (χ2n) is 3.83. The average Bonchev–Trinajstić information content (AvgIpc) is 2.27. The summed E-state index contributed by atoms with van der Waals surface area (Å²) in [6, 6.07) is 3.37. The van der Waals surface area contributed by atoms with Crippen molar-refractivity contribution < 1.29 is 13.3 Å². The van der Waals surface area contributed by atoms with Gasteiger partial charge in [0.15, 0.2) is 9.84 Å². The zero-order valence-electron chi connectivity index (χ0n) is 9.53. The first-order valence-electron chi connectivity index (χ1n) is 5.09. The van der Waals surface area contributed by atoms with Crippen molar-refractivity contribution in [3.63, 3.8) is 0 Å². The van der Waals surface area contributed by atoms with Gasteiger partial charge in [-0.15, -0.1) is 0 Å². The van der Waals surface area contributed by atoms with Gasteiger partial charge in [-0.25, -0.2) is 8.42 Å². The highest BCUT2D eigenvalue weighted by Gasteiger charge is 2.30. The van der Waals surface area contributed by atoms with Crippen LogP contribution in [0.2, 0.25) is 0 Å². The molecule has 1 aromatic carbocycles. The van der Waals surface area contributed by atoms with Crippen molar-refractivity contribution in [2.75, 3.05) is 12.9 Å². The van der Waals surface area contributed by atoms with Gasteiger partial charge in [0.2, 0.25) is 0 Å². The molecule has 2 rings (SSSR count). The molecule has 0 spiro atoms. The van der Waals surface area contributed by atoms with E-state index in [0.29, 0.717) is 22.6 Å². The lowest BCUT2D eigenvalue weighted by molar-refractivity contribution is 0.213. The highest BCUT2D eigenvalue weighted by atomic mass is 79.9. The van der Waals surface area contributed by atoms with E-state index in [2.05, 4.69) is 21.1 Å². The van der Waals surface area contributed by atoms with Gasteiger partial charge >= 0.3 is 0 Å². The van der Waals surface area contributed by atoms with Crippen molar-refractivity contribution in [2.45, 2.75) is 18.2 Å². The normalized spacial score (nSPS) is 20.1. The lowest BCUT2D eigenvalue weighted by Gasteiger charge is -2.20. The van der Waals surface area contributed by atoms with E-state index in [1.807, 2.05) is 6.92 Å². The number of oxime groups is 1. The van der Waals surface area contributed by atoms with Crippen LogP contribution in [0.25, 0.3) is 0 Å². The Hall–Kier alpha value is -0.880. The molecule has 0 radical (unpaired) electrons. The van der Waals surface area contributed by atoms with Crippen LogP contribution in [0.4, 0.5) is 0 Å². The lowest BCUT2D eigenvalue weighted by Crippen LogP contribution is -2.23. The number of hydrogen-bond acceptors (Lipinski definition) is 4. The number of rotatable bonds is 1. The SMILES string of the molecule is CON=C1CCS(=O)(=O)c2ccc(Br)c(C)c21. The number of hydrogen-bond donors (Lipinski definition) is 0. The first-order chi connectivity index (χ1) is 7.97. The maximum absolute atomic E-state index is 12.0. The van der Waals surface area contributed by atoms with Gasteiger partial charge < -0.3 is 4.84 Å². The molecule has 1 heterocycles. The summed E-state index contributed by atoms with van der Waals surface area (Å²) in [6.45, 7) is 1.87. The summed E-state index contributed by atoms with van der Waals surface area (Å²) in [6.07, 6.45) is 0.389. The number of nitrogens with zero attached hydrogens (tertiary/aromatic N) is 1. The van der Waals surface area contributed by atoms with Gasteiger partial charge in [-0.05, 0) is 24.6 Å². The maximum Gasteiger partial charge on any atom is 0.179 e. The van der Waals surface area contributed by atoms with Crippen LogP contribution in [-0.2, 0) is 14.7 Å². The van der Waals surface area contributed by atoms with E-state index in [9.17, 15) is 8.42 Å². The molecule has 0 atom stereocenters. The number of benzene rings is 1. The Bertz CT molecular complexity index is 593. The Morgan fingerprint density at radius 3 is 2.76 bits per heavy atom. The molecule has 6 heteroatoms. The van der Waals surface area contributed by atoms with Gasteiger partial charge in [0.25, 0.3) is 0 Å². The molecule has 0 saturated heterocycles. The molecule has 0 saturated carbocycles. The molecular formula is C11H12BrNO3S. The molecule has 1 aliphatic heterocycles. The molecule has 0 aliphatic carbocycles. The van der Waals surface area contributed by atoms with E-state index >= 15 is 0 Å². The van der Waals surface area contributed by atoms with Gasteiger partial charge in [0.1, 0.15) is 7.11 Å². The first-order valence-corrected chi connectivity index (χ1v) is 7.54. The molecule has 4 nitrogen and oxygen atoms in total. The zero-order chi connectivity index (χ0) is 12.6. The van der Waals surface area contributed by atoms with Crippen molar-refractivity contribution >= 4 is 31.5 Å². The largest absolute Gasteiger partial charge is 0.399 e. The van der Waals surface area contributed by atoms with E-state index in [1.54, 1.807) is 12.1 Å². The minimum absolute atomic E-state index is 0.0866. The Balaban J connectivity index is 2.78. The molecular weight excluding hydrogens is 306 g/mol. The van der Waals surface area contributed by atoms with Crippen LogP contribution in [0.1, 0.15) is 17.5 Å². The smallest absolute Gasteiger partial charge is 0.179 e. The third kappa shape index (κ3) is 2.11.